The molecule has 0 aliphatic carbocycles. The number of para-hydroxylation sites is 1. The molecule has 0 radical (unpaired) electrons. The number of nitrogens with one attached hydrogen (secondary N) is 2. The highest BCUT2D eigenvalue weighted by Crippen LogP contribution is 2.29. The summed E-state index contributed by atoms with van der Waals surface area (Å²) in [5, 5.41) is 7.10. The second kappa shape index (κ2) is 12.8. The van der Waals surface area contributed by atoms with Crippen molar-refractivity contribution < 1.29 is 19.1 Å². The lowest BCUT2D eigenvalue weighted by molar-refractivity contribution is 0.0383. The first kappa shape index (κ1) is 29.8. The molecule has 2 saturated heterocycles. The monoisotopic (exact) mass is 599 g/mol. The largest absolute Gasteiger partial charge is 0.444 e. The number of fused-ring (bicyclic) bond motifs is 2. The van der Waals surface area contributed by atoms with Crippen LogP contribution < -0.4 is 15.5 Å². The maximum absolute atomic E-state index is 12.8. The van der Waals surface area contributed by atoms with E-state index < -0.39 is 5.60 Å². The molecule has 11 heteroatoms. The normalized spacial score (nSPS) is 16.8. The Morgan fingerprint density at radius 3 is 2.59 bits per heavy atom. The van der Waals surface area contributed by atoms with Crippen molar-refractivity contribution in [3.8, 4) is 5.82 Å². The van der Waals surface area contributed by atoms with E-state index in [0.29, 0.717) is 12.1 Å². The smallest absolute Gasteiger partial charge is 0.407 e. The van der Waals surface area contributed by atoms with Gasteiger partial charge in [0.15, 0.2) is 0 Å². The van der Waals surface area contributed by atoms with E-state index in [2.05, 4.69) is 49.7 Å². The van der Waals surface area contributed by atoms with Crippen LogP contribution in [0.2, 0.25) is 0 Å². The fourth-order valence-electron chi connectivity index (χ4n) is 5.84. The minimum absolute atomic E-state index is 0.0775. The van der Waals surface area contributed by atoms with Crippen LogP contribution in [0.3, 0.4) is 0 Å². The Labute approximate surface area is 257 Å². The third-order valence-electron chi connectivity index (χ3n) is 8.11. The Morgan fingerprint density at radius 2 is 1.82 bits per heavy atom. The van der Waals surface area contributed by atoms with Gasteiger partial charge in [0.25, 0.3) is 5.91 Å². The highest BCUT2D eigenvalue weighted by atomic mass is 16.6. The summed E-state index contributed by atoms with van der Waals surface area (Å²) in [5.41, 5.74) is 3.68. The van der Waals surface area contributed by atoms with Gasteiger partial charge in [0.2, 0.25) is 0 Å². The fraction of sp³-hybridized carbons (Fsp3) is 0.455. The highest BCUT2D eigenvalue weighted by molar-refractivity contribution is 5.97. The topological polar surface area (TPSA) is 114 Å². The molecule has 11 nitrogen and oxygen atoms in total. The zero-order chi connectivity index (χ0) is 30.7. The second-order valence-corrected chi connectivity index (χ2v) is 12.5. The zero-order valence-electron chi connectivity index (χ0n) is 25.7. The Balaban J connectivity index is 1.14. The first-order chi connectivity index (χ1) is 21.2. The highest BCUT2D eigenvalue weighted by Gasteiger charge is 2.25. The second-order valence-electron chi connectivity index (χ2n) is 12.5. The van der Waals surface area contributed by atoms with Crippen LogP contribution in [0.15, 0.2) is 54.9 Å². The third-order valence-corrected chi connectivity index (χ3v) is 8.11. The number of carbonyl (C=O) groups is 2. The number of morpholine rings is 1. The average molecular weight is 600 g/mol. The maximum atomic E-state index is 12.8. The first-order valence-corrected chi connectivity index (χ1v) is 15.4. The molecule has 2 aromatic carbocycles. The number of ether oxygens (including phenoxy) is 2. The number of piperidine rings is 1. The molecule has 2 N–H and O–H groups in total. The number of imidazole rings is 1. The number of alkyl carbamates (subject to hydrolysis) is 1. The predicted molar refractivity (Wildman–Crippen MR) is 171 cm³/mol. The Morgan fingerprint density at radius 1 is 1.02 bits per heavy atom. The summed E-state index contributed by atoms with van der Waals surface area (Å²) in [6, 6.07) is 16.0. The Hall–Kier alpha value is -4.22. The van der Waals surface area contributed by atoms with Gasteiger partial charge in [-0.3, -0.25) is 14.3 Å². The summed E-state index contributed by atoms with van der Waals surface area (Å²) in [6.45, 7) is 11.9. The minimum atomic E-state index is -0.516. The number of rotatable bonds is 7. The van der Waals surface area contributed by atoms with Gasteiger partial charge in [-0.15, -0.1) is 0 Å². The number of hydrogen-bond donors (Lipinski definition) is 2. The SMILES string of the molecule is CC(C)(C)OC(=O)NC1CCN(c2cccc3ccc(-n4cnc5cc(C(=O)NCCN6CCOCC6)ccc54)nc23)CC1. The number of aromatic nitrogens is 3. The lowest BCUT2D eigenvalue weighted by Crippen LogP contribution is -2.46. The van der Waals surface area contributed by atoms with Crippen LogP contribution in [0, 0.1) is 0 Å². The molecule has 4 aromatic rings. The minimum Gasteiger partial charge on any atom is -0.444 e. The van der Waals surface area contributed by atoms with Crippen LogP contribution in [-0.4, -0.2) is 95.6 Å². The van der Waals surface area contributed by atoms with Crippen molar-refractivity contribution in [2.45, 2.75) is 45.3 Å². The summed E-state index contributed by atoms with van der Waals surface area (Å²) in [5.74, 6) is 0.657. The molecule has 0 saturated carbocycles. The standard InChI is InChI=1S/C33H41N7O4/c1-33(2,3)44-32(42)36-25-11-14-39(15-12-25)28-6-4-5-23-8-10-29(37-30(23)28)40-22-35-26-21-24(7-9-27(26)40)31(41)34-13-16-38-17-19-43-20-18-38/h4-10,21-22,25H,11-20H2,1-3H3,(H,34,41)(H,36,42). The quantitative estimate of drug-likeness (QED) is 0.326. The molecule has 0 atom stereocenters. The van der Waals surface area contributed by atoms with Crippen LogP contribution in [0.5, 0.6) is 0 Å². The van der Waals surface area contributed by atoms with Crippen molar-refractivity contribution >= 4 is 39.6 Å². The number of pyridine rings is 1. The van der Waals surface area contributed by atoms with E-state index in [0.717, 1.165) is 92.2 Å². The summed E-state index contributed by atoms with van der Waals surface area (Å²) >= 11 is 0. The molecule has 0 bridgehead atoms. The summed E-state index contributed by atoms with van der Waals surface area (Å²) < 4.78 is 12.8. The van der Waals surface area contributed by atoms with Gasteiger partial charge in [0, 0.05) is 56.3 Å². The first-order valence-electron chi connectivity index (χ1n) is 15.4. The fourth-order valence-corrected chi connectivity index (χ4v) is 5.84. The predicted octanol–water partition coefficient (Wildman–Crippen LogP) is 4.13. The van der Waals surface area contributed by atoms with Crippen molar-refractivity contribution in [2.75, 3.05) is 57.4 Å². The van der Waals surface area contributed by atoms with Crippen LogP contribution in [0.25, 0.3) is 27.8 Å². The molecule has 0 spiro atoms. The van der Waals surface area contributed by atoms with Crippen LogP contribution in [-0.2, 0) is 9.47 Å². The molecule has 4 heterocycles. The van der Waals surface area contributed by atoms with Crippen molar-refractivity contribution in [1.29, 1.82) is 0 Å². The number of carbonyl (C=O) groups excluding carboxylic acids is 2. The van der Waals surface area contributed by atoms with E-state index in [1.54, 1.807) is 6.33 Å². The van der Waals surface area contributed by atoms with Crippen molar-refractivity contribution in [1.82, 2.24) is 30.1 Å². The van der Waals surface area contributed by atoms with Gasteiger partial charge in [-0.05, 0) is 70.0 Å². The van der Waals surface area contributed by atoms with E-state index in [1.807, 2.05) is 49.6 Å². The van der Waals surface area contributed by atoms with Gasteiger partial charge in [0.05, 0.1) is 35.5 Å². The molecular weight excluding hydrogens is 558 g/mol. The Kier molecular flexibility index (Phi) is 8.67. The van der Waals surface area contributed by atoms with Crippen molar-refractivity contribution in [3.05, 3.63) is 60.4 Å². The van der Waals surface area contributed by atoms with Crippen LogP contribution in [0.1, 0.15) is 44.0 Å². The van der Waals surface area contributed by atoms with Gasteiger partial charge in [-0.25, -0.2) is 14.8 Å². The van der Waals surface area contributed by atoms with Gasteiger partial charge < -0.3 is 25.0 Å². The third kappa shape index (κ3) is 6.95. The van der Waals surface area contributed by atoms with E-state index >= 15 is 0 Å². The zero-order valence-corrected chi connectivity index (χ0v) is 25.7. The average Bonchev–Trinajstić information content (AvgIpc) is 3.44. The number of nitrogens with zero attached hydrogens (tertiary/aromatic N) is 5. The van der Waals surface area contributed by atoms with Crippen LogP contribution >= 0.6 is 0 Å². The summed E-state index contributed by atoms with van der Waals surface area (Å²) in [6.07, 6.45) is 3.04. The molecule has 2 aliphatic rings. The lowest BCUT2D eigenvalue weighted by Gasteiger charge is -2.34. The number of anilines is 1. The van der Waals surface area contributed by atoms with Gasteiger partial charge in [-0.1, -0.05) is 12.1 Å². The van der Waals surface area contributed by atoms with Gasteiger partial charge in [0.1, 0.15) is 17.7 Å². The Bertz CT molecular complexity index is 1630. The molecular formula is C33H41N7O4. The molecule has 2 fully saturated rings. The molecule has 44 heavy (non-hydrogen) atoms. The van der Waals surface area contributed by atoms with E-state index in [-0.39, 0.29) is 18.0 Å². The molecule has 2 aromatic heterocycles. The van der Waals surface area contributed by atoms with Gasteiger partial charge >= 0.3 is 6.09 Å². The van der Waals surface area contributed by atoms with Crippen molar-refractivity contribution in [2.24, 2.45) is 0 Å². The van der Waals surface area contributed by atoms with Crippen LogP contribution in [0.4, 0.5) is 10.5 Å². The molecule has 232 valence electrons. The summed E-state index contributed by atoms with van der Waals surface area (Å²) in [7, 11) is 0. The van der Waals surface area contributed by atoms with E-state index in [1.165, 1.54) is 0 Å². The molecule has 2 aliphatic heterocycles. The molecule has 6 rings (SSSR count). The summed E-state index contributed by atoms with van der Waals surface area (Å²) in [4.78, 5) is 39.4. The van der Waals surface area contributed by atoms with Gasteiger partial charge in [-0.2, -0.15) is 0 Å². The van der Waals surface area contributed by atoms with E-state index in [4.69, 9.17) is 14.5 Å². The number of benzene rings is 2. The number of amides is 2. The number of hydrogen-bond acceptors (Lipinski definition) is 8. The van der Waals surface area contributed by atoms with Crippen molar-refractivity contribution in [3.63, 3.8) is 0 Å². The molecule has 2 amide bonds. The maximum Gasteiger partial charge on any atom is 0.407 e. The van der Waals surface area contributed by atoms with E-state index in [9.17, 15) is 9.59 Å². The lowest BCUT2D eigenvalue weighted by atomic mass is 10.0. The molecule has 0 unspecified atom stereocenters.